The van der Waals surface area contributed by atoms with Gasteiger partial charge in [0.15, 0.2) is 0 Å². The second-order valence-electron chi connectivity index (χ2n) is 1.29. The van der Waals surface area contributed by atoms with Crippen molar-refractivity contribution < 1.29 is 4.39 Å². The Bertz CT molecular complexity index is 147. The lowest BCUT2D eigenvalue weighted by molar-refractivity contribution is 0.400. The molecule has 4 heteroatoms. The molecule has 0 N–H and O–H groups in total. The first-order valence-corrected chi connectivity index (χ1v) is 2.47. The summed E-state index contributed by atoms with van der Waals surface area (Å²) in [6, 6.07) is 0. The highest BCUT2D eigenvalue weighted by Gasteiger charge is 2.01. The molecule has 0 radical (unpaired) electrons. The Morgan fingerprint density at radius 3 is 2.88 bits per heavy atom. The minimum absolute atomic E-state index is 0.332. The molecule has 2 nitrogen and oxygen atoms in total. The third-order valence-corrected chi connectivity index (χ3v) is 0.882. The summed E-state index contributed by atoms with van der Waals surface area (Å²) < 4.78 is 12.0. The Morgan fingerprint density at radius 2 is 2.50 bits per heavy atom. The minimum Gasteiger partial charge on any atom is -0.215 e. The lowest BCUT2D eigenvalue weighted by Gasteiger charge is -1.96. The fourth-order valence-electron chi connectivity index (χ4n) is 0.346. The van der Waals surface area contributed by atoms with Gasteiger partial charge >= 0.3 is 0 Å². The summed E-state index contributed by atoms with van der Waals surface area (Å²) in [5, 5.41) is 6.45. The van der Waals surface area contributed by atoms with Gasteiger partial charge in [-0.15, -0.1) is 10.2 Å². The number of rotatable bonds is 0. The van der Waals surface area contributed by atoms with E-state index in [9.17, 15) is 4.39 Å². The second kappa shape index (κ2) is 2.09. The lowest BCUT2D eigenvalue weighted by Crippen LogP contribution is -1.96. The Balaban J connectivity index is 2.68. The zero-order chi connectivity index (χ0) is 5.98. The monoisotopic (exact) mass is 130 g/mol. The zero-order valence-electron chi connectivity index (χ0n) is 3.91. The van der Waals surface area contributed by atoms with E-state index < -0.39 is 6.30 Å². The normalized spacial score (nSPS) is 26.6. The van der Waals surface area contributed by atoms with Gasteiger partial charge in [-0.25, -0.2) is 4.39 Å². The van der Waals surface area contributed by atoms with Gasteiger partial charge in [-0.2, -0.15) is 0 Å². The van der Waals surface area contributed by atoms with Gasteiger partial charge in [0.1, 0.15) is 4.99 Å². The van der Waals surface area contributed by atoms with Crippen molar-refractivity contribution in [3.8, 4) is 0 Å². The van der Waals surface area contributed by atoms with Crippen LogP contribution in [0.25, 0.3) is 0 Å². The van der Waals surface area contributed by atoms with Crippen molar-refractivity contribution in [2.45, 2.75) is 6.30 Å². The third kappa shape index (κ3) is 1.16. The average molecular weight is 130 g/mol. The van der Waals surface area contributed by atoms with Crippen molar-refractivity contribution >= 4 is 17.2 Å². The Kier molecular flexibility index (Phi) is 1.43. The molecule has 0 aromatic carbocycles. The summed E-state index contributed by atoms with van der Waals surface area (Å²) in [4.78, 5) is 0.332. The van der Waals surface area contributed by atoms with Crippen LogP contribution < -0.4 is 0 Å². The molecule has 1 aliphatic rings. The van der Waals surface area contributed by atoms with Gasteiger partial charge in [0.05, 0.1) is 0 Å². The van der Waals surface area contributed by atoms with Crippen molar-refractivity contribution in [3.05, 3.63) is 12.2 Å². The molecule has 0 saturated heterocycles. The van der Waals surface area contributed by atoms with E-state index in [1.165, 1.54) is 12.2 Å². The van der Waals surface area contributed by atoms with Crippen LogP contribution in [0.2, 0.25) is 0 Å². The first-order chi connectivity index (χ1) is 3.79. The molecule has 1 atom stereocenters. The number of hydrogen-bond acceptors (Lipinski definition) is 2. The van der Waals surface area contributed by atoms with Gasteiger partial charge in [0, 0.05) is 0 Å². The van der Waals surface area contributed by atoms with E-state index in [1.54, 1.807) is 0 Å². The maximum atomic E-state index is 12.0. The van der Waals surface area contributed by atoms with E-state index in [4.69, 9.17) is 0 Å². The summed E-state index contributed by atoms with van der Waals surface area (Å²) in [7, 11) is 0. The van der Waals surface area contributed by atoms with Gasteiger partial charge in [0.2, 0.25) is 6.30 Å². The van der Waals surface area contributed by atoms with Crippen molar-refractivity contribution in [2.24, 2.45) is 10.2 Å². The van der Waals surface area contributed by atoms with E-state index in [0.717, 1.165) is 0 Å². The molecule has 0 aromatic heterocycles. The molecule has 42 valence electrons. The topological polar surface area (TPSA) is 24.7 Å². The fourth-order valence-corrected chi connectivity index (χ4v) is 0.471. The average Bonchev–Trinajstić information content (AvgIpc) is 1.77. The van der Waals surface area contributed by atoms with Crippen molar-refractivity contribution in [1.29, 1.82) is 0 Å². The fraction of sp³-hybridized carbons (Fsp3) is 0.250. The number of halogens is 1. The molecule has 1 heterocycles. The maximum Gasteiger partial charge on any atom is 0.228 e. The first kappa shape index (κ1) is 5.50. The highest BCUT2D eigenvalue weighted by atomic mass is 32.1. The van der Waals surface area contributed by atoms with Crippen molar-refractivity contribution in [3.63, 3.8) is 0 Å². The maximum absolute atomic E-state index is 12.0. The molecule has 0 fully saturated rings. The quantitative estimate of drug-likeness (QED) is 0.361. The minimum atomic E-state index is -1.29. The van der Waals surface area contributed by atoms with Crippen LogP contribution in [-0.2, 0) is 0 Å². The van der Waals surface area contributed by atoms with Crippen LogP contribution in [0.4, 0.5) is 4.39 Å². The summed E-state index contributed by atoms with van der Waals surface area (Å²) >= 11 is 4.54. The predicted octanol–water partition coefficient (Wildman–Crippen LogP) is 1.63. The van der Waals surface area contributed by atoms with Gasteiger partial charge in [0.25, 0.3) is 0 Å². The molecule has 0 spiro atoms. The molecular weight excluding hydrogens is 127 g/mol. The molecule has 0 saturated carbocycles. The molecule has 1 rings (SSSR count). The molecule has 0 amide bonds. The van der Waals surface area contributed by atoms with E-state index >= 15 is 0 Å². The number of nitrogens with zero attached hydrogens (tertiary/aromatic N) is 2. The van der Waals surface area contributed by atoms with Crippen LogP contribution in [0.15, 0.2) is 22.4 Å². The lowest BCUT2D eigenvalue weighted by atomic mass is 10.4. The van der Waals surface area contributed by atoms with Crippen LogP contribution in [0.1, 0.15) is 0 Å². The molecule has 0 aliphatic carbocycles. The largest absolute Gasteiger partial charge is 0.228 e. The standard InChI is InChI=1S/C4H3FN2S/c5-3-1-2-4(8)7-6-3/h1-3H. The highest BCUT2D eigenvalue weighted by Crippen LogP contribution is 2.03. The Hall–Kier alpha value is -0.640. The SMILES string of the molecule is FC1C=CC(=S)N=N1. The molecule has 1 unspecified atom stereocenters. The van der Waals surface area contributed by atoms with Gasteiger partial charge in [-0.05, 0) is 12.2 Å². The van der Waals surface area contributed by atoms with Crippen molar-refractivity contribution in [1.82, 2.24) is 0 Å². The Morgan fingerprint density at radius 1 is 1.75 bits per heavy atom. The summed E-state index contributed by atoms with van der Waals surface area (Å²) in [5.41, 5.74) is 0. The van der Waals surface area contributed by atoms with Gasteiger partial charge in [-0.1, -0.05) is 12.2 Å². The van der Waals surface area contributed by atoms with Gasteiger partial charge in [-0.3, -0.25) is 0 Å². The number of thiocarbonyl (C=S) groups is 1. The molecule has 1 aliphatic heterocycles. The summed E-state index contributed by atoms with van der Waals surface area (Å²) in [6.45, 7) is 0. The number of azo groups is 1. The Labute approximate surface area is 51.1 Å². The predicted molar refractivity (Wildman–Crippen MR) is 31.5 cm³/mol. The number of hydrogen-bond donors (Lipinski definition) is 0. The third-order valence-electron chi connectivity index (χ3n) is 0.664. The van der Waals surface area contributed by atoms with E-state index in [1.807, 2.05) is 0 Å². The number of alkyl halides is 1. The van der Waals surface area contributed by atoms with Crippen LogP contribution in [-0.4, -0.2) is 11.3 Å². The molecular formula is C4H3FN2S. The smallest absolute Gasteiger partial charge is 0.215 e. The first-order valence-electron chi connectivity index (χ1n) is 2.06. The van der Waals surface area contributed by atoms with E-state index in [0.29, 0.717) is 4.99 Å². The summed E-state index contributed by atoms with van der Waals surface area (Å²) in [6.07, 6.45) is 1.39. The van der Waals surface area contributed by atoms with Gasteiger partial charge < -0.3 is 0 Å². The van der Waals surface area contributed by atoms with Crippen LogP contribution in [0.5, 0.6) is 0 Å². The second-order valence-corrected chi connectivity index (χ2v) is 1.70. The van der Waals surface area contributed by atoms with Crippen molar-refractivity contribution in [2.75, 3.05) is 0 Å². The van der Waals surface area contributed by atoms with Crippen LogP contribution in [0, 0.1) is 0 Å². The molecule has 8 heavy (non-hydrogen) atoms. The molecule has 0 aromatic rings. The highest BCUT2D eigenvalue weighted by molar-refractivity contribution is 7.80. The van der Waals surface area contributed by atoms with E-state index in [2.05, 4.69) is 22.4 Å². The summed E-state index contributed by atoms with van der Waals surface area (Å²) in [5.74, 6) is 0. The van der Waals surface area contributed by atoms with Crippen LogP contribution >= 0.6 is 12.2 Å². The van der Waals surface area contributed by atoms with Crippen LogP contribution in [0.3, 0.4) is 0 Å². The van der Waals surface area contributed by atoms with E-state index in [-0.39, 0.29) is 0 Å². The molecule has 0 bridgehead atoms. The zero-order valence-corrected chi connectivity index (χ0v) is 4.73.